The summed E-state index contributed by atoms with van der Waals surface area (Å²) in [6.45, 7) is 3.81. The number of hydrogen-bond donors (Lipinski definition) is 2. The van der Waals surface area contributed by atoms with E-state index in [1.807, 2.05) is 31.2 Å². The minimum Gasteiger partial charge on any atom is -0.388 e. The van der Waals surface area contributed by atoms with E-state index in [1.165, 1.54) is 5.56 Å². The van der Waals surface area contributed by atoms with E-state index >= 15 is 0 Å². The minimum atomic E-state index is -0.859. The standard InChI is InChI=1S/C12H15NO2/c1-7-3-5-9(6-4-7)10-12(15)11(14)8(2)13-10/h3-6,8,11-12,14-15H,1-2H3/t8-,11+,12-/m0/s1. The molecule has 0 aliphatic carbocycles. The van der Waals surface area contributed by atoms with Crippen LogP contribution in [0.4, 0.5) is 0 Å². The van der Waals surface area contributed by atoms with Crippen LogP contribution in [0.3, 0.4) is 0 Å². The quantitative estimate of drug-likeness (QED) is 0.716. The second-order valence-corrected chi connectivity index (χ2v) is 4.06. The van der Waals surface area contributed by atoms with Crippen LogP contribution in [0.2, 0.25) is 0 Å². The van der Waals surface area contributed by atoms with Crippen molar-refractivity contribution in [2.75, 3.05) is 0 Å². The van der Waals surface area contributed by atoms with Crippen LogP contribution in [0.5, 0.6) is 0 Å². The lowest BCUT2D eigenvalue weighted by atomic mass is 10.0. The van der Waals surface area contributed by atoms with Crippen LogP contribution >= 0.6 is 0 Å². The molecule has 1 aliphatic heterocycles. The fourth-order valence-electron chi connectivity index (χ4n) is 1.77. The van der Waals surface area contributed by atoms with E-state index in [9.17, 15) is 10.2 Å². The van der Waals surface area contributed by atoms with E-state index in [4.69, 9.17) is 0 Å². The fraction of sp³-hybridized carbons (Fsp3) is 0.417. The average Bonchev–Trinajstić information content (AvgIpc) is 2.47. The first-order chi connectivity index (χ1) is 7.09. The van der Waals surface area contributed by atoms with E-state index in [1.54, 1.807) is 6.92 Å². The molecule has 0 radical (unpaired) electrons. The summed E-state index contributed by atoms with van der Waals surface area (Å²) >= 11 is 0. The summed E-state index contributed by atoms with van der Waals surface area (Å²) in [7, 11) is 0. The number of hydrogen-bond acceptors (Lipinski definition) is 3. The summed E-state index contributed by atoms with van der Waals surface area (Å²) in [5.41, 5.74) is 2.65. The van der Waals surface area contributed by atoms with Crippen LogP contribution in [0.1, 0.15) is 18.1 Å². The van der Waals surface area contributed by atoms with Crippen molar-refractivity contribution in [3.63, 3.8) is 0 Å². The normalized spacial score (nSPS) is 30.4. The van der Waals surface area contributed by atoms with Crippen molar-refractivity contribution in [1.82, 2.24) is 0 Å². The Hall–Kier alpha value is -1.19. The monoisotopic (exact) mass is 205 g/mol. The Balaban J connectivity index is 2.32. The van der Waals surface area contributed by atoms with Gasteiger partial charge in [-0.15, -0.1) is 0 Å². The largest absolute Gasteiger partial charge is 0.388 e. The van der Waals surface area contributed by atoms with Gasteiger partial charge in [-0.1, -0.05) is 29.8 Å². The lowest BCUT2D eigenvalue weighted by Crippen LogP contribution is -2.32. The molecule has 1 aromatic carbocycles. The molecule has 15 heavy (non-hydrogen) atoms. The molecule has 3 nitrogen and oxygen atoms in total. The Kier molecular flexibility index (Phi) is 2.59. The van der Waals surface area contributed by atoms with Crippen molar-refractivity contribution < 1.29 is 10.2 Å². The van der Waals surface area contributed by atoms with Gasteiger partial charge in [0.15, 0.2) is 0 Å². The molecular weight excluding hydrogens is 190 g/mol. The summed E-state index contributed by atoms with van der Waals surface area (Å²) < 4.78 is 0. The minimum absolute atomic E-state index is 0.226. The van der Waals surface area contributed by atoms with Gasteiger partial charge >= 0.3 is 0 Å². The van der Waals surface area contributed by atoms with Crippen LogP contribution in [-0.2, 0) is 0 Å². The molecule has 0 saturated heterocycles. The van der Waals surface area contributed by atoms with Gasteiger partial charge in [0.1, 0.15) is 12.2 Å². The molecule has 2 N–H and O–H groups in total. The lowest BCUT2D eigenvalue weighted by Gasteiger charge is -2.12. The highest BCUT2D eigenvalue weighted by molar-refractivity contribution is 6.05. The van der Waals surface area contributed by atoms with Crippen molar-refractivity contribution >= 4 is 5.71 Å². The first-order valence-corrected chi connectivity index (χ1v) is 5.10. The molecule has 0 fully saturated rings. The van der Waals surface area contributed by atoms with E-state index in [0.717, 1.165) is 5.56 Å². The van der Waals surface area contributed by atoms with Crippen LogP contribution in [0, 0.1) is 6.92 Å². The Morgan fingerprint density at radius 3 is 2.20 bits per heavy atom. The molecule has 1 aliphatic rings. The second-order valence-electron chi connectivity index (χ2n) is 4.06. The Bertz CT molecular complexity index is 383. The number of nitrogens with zero attached hydrogens (tertiary/aromatic N) is 1. The third-order valence-electron chi connectivity index (χ3n) is 2.79. The highest BCUT2D eigenvalue weighted by atomic mass is 16.3. The third kappa shape index (κ3) is 1.80. The number of aryl methyl sites for hydroxylation is 1. The van der Waals surface area contributed by atoms with Crippen molar-refractivity contribution in [1.29, 1.82) is 0 Å². The van der Waals surface area contributed by atoms with Gasteiger partial charge in [0.05, 0.1) is 11.8 Å². The Labute approximate surface area is 89.1 Å². The molecular formula is C12H15NO2. The van der Waals surface area contributed by atoms with Crippen molar-refractivity contribution in [3.8, 4) is 0 Å². The van der Waals surface area contributed by atoms with Gasteiger partial charge in [-0.2, -0.15) is 0 Å². The average molecular weight is 205 g/mol. The highest BCUT2D eigenvalue weighted by Gasteiger charge is 2.34. The topological polar surface area (TPSA) is 52.8 Å². The molecule has 1 heterocycles. The predicted molar refractivity (Wildman–Crippen MR) is 59.2 cm³/mol. The summed E-state index contributed by atoms with van der Waals surface area (Å²) in [4.78, 5) is 4.27. The third-order valence-corrected chi connectivity index (χ3v) is 2.79. The predicted octanol–water partition coefficient (Wildman–Crippen LogP) is 0.908. The van der Waals surface area contributed by atoms with Gasteiger partial charge in [-0.05, 0) is 19.4 Å². The smallest absolute Gasteiger partial charge is 0.124 e. The lowest BCUT2D eigenvalue weighted by molar-refractivity contribution is 0.0593. The maximum Gasteiger partial charge on any atom is 0.124 e. The van der Waals surface area contributed by atoms with Gasteiger partial charge < -0.3 is 10.2 Å². The second kappa shape index (κ2) is 3.76. The zero-order valence-corrected chi connectivity index (χ0v) is 8.88. The van der Waals surface area contributed by atoms with Crippen molar-refractivity contribution in [2.24, 2.45) is 4.99 Å². The molecule has 1 aromatic rings. The van der Waals surface area contributed by atoms with E-state index in [2.05, 4.69) is 4.99 Å². The molecule has 0 amide bonds. The highest BCUT2D eigenvalue weighted by Crippen LogP contribution is 2.19. The number of rotatable bonds is 1. The summed E-state index contributed by atoms with van der Waals surface area (Å²) in [5, 5.41) is 19.4. The van der Waals surface area contributed by atoms with Crippen LogP contribution < -0.4 is 0 Å². The Morgan fingerprint density at radius 2 is 1.73 bits per heavy atom. The number of aliphatic hydroxyl groups excluding tert-OH is 2. The molecule has 0 saturated carbocycles. The number of aliphatic imine (C=N–C) groups is 1. The van der Waals surface area contributed by atoms with Gasteiger partial charge in [-0.25, -0.2) is 0 Å². The van der Waals surface area contributed by atoms with Crippen LogP contribution in [-0.4, -0.2) is 34.2 Å². The molecule has 0 unspecified atom stereocenters. The maximum atomic E-state index is 9.77. The molecule has 3 heteroatoms. The zero-order chi connectivity index (χ0) is 11.0. The number of benzene rings is 1. The summed E-state index contributed by atoms with van der Waals surface area (Å²) in [5.74, 6) is 0. The fourth-order valence-corrected chi connectivity index (χ4v) is 1.77. The molecule has 0 aromatic heterocycles. The van der Waals surface area contributed by atoms with Gasteiger partial charge in [0.2, 0.25) is 0 Å². The van der Waals surface area contributed by atoms with E-state index in [0.29, 0.717) is 5.71 Å². The molecule has 0 spiro atoms. The molecule has 0 bridgehead atoms. The van der Waals surface area contributed by atoms with Crippen LogP contribution in [0.25, 0.3) is 0 Å². The first-order valence-electron chi connectivity index (χ1n) is 5.10. The Morgan fingerprint density at radius 1 is 1.13 bits per heavy atom. The SMILES string of the molecule is Cc1ccc(C2=N[C@@H](C)[C@@H](O)[C@H]2O)cc1. The summed E-state index contributed by atoms with van der Waals surface area (Å²) in [6, 6.07) is 7.56. The molecule has 80 valence electrons. The first kappa shape index (κ1) is 10.3. The molecule has 3 atom stereocenters. The van der Waals surface area contributed by atoms with Gasteiger partial charge in [0.25, 0.3) is 0 Å². The van der Waals surface area contributed by atoms with Crippen molar-refractivity contribution in [3.05, 3.63) is 35.4 Å². The number of aliphatic hydroxyl groups is 2. The maximum absolute atomic E-state index is 9.77. The summed E-state index contributed by atoms with van der Waals surface area (Å²) in [6.07, 6.45) is -1.64. The van der Waals surface area contributed by atoms with E-state index < -0.39 is 12.2 Å². The van der Waals surface area contributed by atoms with Gasteiger partial charge in [0, 0.05) is 0 Å². The van der Waals surface area contributed by atoms with Gasteiger partial charge in [-0.3, -0.25) is 4.99 Å². The zero-order valence-electron chi connectivity index (χ0n) is 8.88. The van der Waals surface area contributed by atoms with Crippen molar-refractivity contribution in [2.45, 2.75) is 32.1 Å². The van der Waals surface area contributed by atoms with E-state index in [-0.39, 0.29) is 6.04 Å². The molecule has 2 rings (SSSR count). The van der Waals surface area contributed by atoms with Crippen LogP contribution in [0.15, 0.2) is 29.3 Å².